The number of hydrogen-bond donors (Lipinski definition) is 2. The van der Waals surface area contributed by atoms with Gasteiger partial charge in [0.05, 0.1) is 32.0 Å². The Balaban J connectivity index is 1.67. The molecule has 3 amide bonds. The van der Waals surface area contributed by atoms with E-state index in [0.29, 0.717) is 28.4 Å². The molecule has 2 aromatic carbocycles. The van der Waals surface area contributed by atoms with Gasteiger partial charge in [0.15, 0.2) is 5.54 Å². The van der Waals surface area contributed by atoms with Crippen molar-refractivity contribution in [2.45, 2.75) is 38.1 Å². The highest BCUT2D eigenvalue weighted by Gasteiger charge is 2.52. The summed E-state index contributed by atoms with van der Waals surface area (Å²) in [5.41, 5.74) is 1.97. The SMILES string of the molecule is COc1ccc(NC(=O)N2CCN(C(=O)c3ccc(C(C)(C)C)c(OC)c3)C(Cc3cscn3)(C(=O)O)C2)cc1. The fourth-order valence-corrected chi connectivity index (χ4v) is 5.45. The molecule has 11 heteroatoms. The Morgan fingerprint density at radius 1 is 1.07 bits per heavy atom. The molecule has 1 aliphatic heterocycles. The van der Waals surface area contributed by atoms with Gasteiger partial charge < -0.3 is 29.7 Å². The van der Waals surface area contributed by atoms with Gasteiger partial charge in [-0.05, 0) is 47.4 Å². The van der Waals surface area contributed by atoms with E-state index >= 15 is 0 Å². The summed E-state index contributed by atoms with van der Waals surface area (Å²) in [6.07, 6.45) is -0.0545. The molecule has 0 aliphatic carbocycles. The predicted octanol–water partition coefficient (Wildman–Crippen LogP) is 4.51. The van der Waals surface area contributed by atoms with E-state index in [9.17, 15) is 19.5 Å². The average molecular weight is 567 g/mol. The number of carbonyl (C=O) groups is 3. The van der Waals surface area contributed by atoms with Crippen molar-refractivity contribution in [1.82, 2.24) is 14.8 Å². The van der Waals surface area contributed by atoms with E-state index < -0.39 is 23.4 Å². The normalized spacial score (nSPS) is 17.3. The first-order chi connectivity index (χ1) is 19.0. The Morgan fingerprint density at radius 3 is 2.38 bits per heavy atom. The number of aromatic nitrogens is 1. The molecule has 40 heavy (non-hydrogen) atoms. The van der Waals surface area contributed by atoms with Crippen LogP contribution in [0, 0.1) is 0 Å². The van der Waals surface area contributed by atoms with Crippen LogP contribution < -0.4 is 14.8 Å². The van der Waals surface area contributed by atoms with Crippen LogP contribution in [-0.2, 0) is 16.6 Å². The fourth-order valence-electron chi connectivity index (χ4n) is 4.90. The number of nitrogens with one attached hydrogen (secondary N) is 1. The lowest BCUT2D eigenvalue weighted by Crippen LogP contribution is -2.69. The highest BCUT2D eigenvalue weighted by atomic mass is 32.1. The topological polar surface area (TPSA) is 121 Å². The first-order valence-electron chi connectivity index (χ1n) is 12.8. The monoisotopic (exact) mass is 566 g/mol. The maximum absolute atomic E-state index is 14.0. The molecule has 10 nitrogen and oxygen atoms in total. The number of carbonyl (C=O) groups excluding carboxylic acids is 2. The number of amides is 3. The minimum absolute atomic E-state index is 0.0225. The zero-order valence-electron chi connectivity index (χ0n) is 23.3. The van der Waals surface area contributed by atoms with Crippen molar-refractivity contribution in [3.63, 3.8) is 0 Å². The second-order valence-electron chi connectivity index (χ2n) is 10.7. The molecule has 0 spiro atoms. The number of nitrogens with zero attached hydrogens (tertiary/aromatic N) is 3. The predicted molar refractivity (Wildman–Crippen MR) is 153 cm³/mol. The summed E-state index contributed by atoms with van der Waals surface area (Å²) in [6.45, 7) is 6.10. The quantitative estimate of drug-likeness (QED) is 0.432. The van der Waals surface area contributed by atoms with Crippen molar-refractivity contribution in [1.29, 1.82) is 0 Å². The minimum Gasteiger partial charge on any atom is -0.497 e. The summed E-state index contributed by atoms with van der Waals surface area (Å²) in [6, 6.07) is 11.6. The van der Waals surface area contributed by atoms with Crippen LogP contribution in [-0.4, -0.2) is 77.2 Å². The summed E-state index contributed by atoms with van der Waals surface area (Å²) >= 11 is 1.34. The first-order valence-corrected chi connectivity index (χ1v) is 13.7. The standard InChI is InChI=1S/C29H34N4O6S/c1-28(2,3)23-11-6-19(14-24(23)39-5)25(34)33-13-12-32(27(37)31-20-7-9-22(38-4)10-8-20)17-29(33,26(35)36)15-21-16-40-18-30-21/h6-11,14,16,18H,12-13,15,17H2,1-5H3,(H,31,37)(H,35,36). The number of piperazine rings is 1. The molecule has 1 saturated heterocycles. The lowest BCUT2D eigenvalue weighted by molar-refractivity contribution is -0.153. The van der Waals surface area contributed by atoms with E-state index in [1.807, 2.05) is 26.8 Å². The Kier molecular flexibility index (Phi) is 8.34. The van der Waals surface area contributed by atoms with Crippen molar-refractivity contribution in [3.8, 4) is 11.5 Å². The van der Waals surface area contributed by atoms with Gasteiger partial charge in [-0.25, -0.2) is 14.6 Å². The van der Waals surface area contributed by atoms with Gasteiger partial charge in [-0.1, -0.05) is 26.8 Å². The van der Waals surface area contributed by atoms with Gasteiger partial charge in [-0.3, -0.25) is 4.79 Å². The van der Waals surface area contributed by atoms with Gasteiger partial charge in [0.25, 0.3) is 5.91 Å². The van der Waals surface area contributed by atoms with Crippen molar-refractivity contribution >= 4 is 34.9 Å². The maximum atomic E-state index is 14.0. The lowest BCUT2D eigenvalue weighted by Gasteiger charge is -2.47. The summed E-state index contributed by atoms with van der Waals surface area (Å²) in [5, 5.41) is 15.2. The van der Waals surface area contributed by atoms with Crippen LogP contribution in [0.1, 0.15) is 42.4 Å². The van der Waals surface area contributed by atoms with Gasteiger partial charge in [-0.15, -0.1) is 11.3 Å². The Hall–Kier alpha value is -4.12. The first kappa shape index (κ1) is 28.9. The van der Waals surface area contributed by atoms with E-state index in [0.717, 1.165) is 5.56 Å². The Bertz CT molecular complexity index is 1370. The van der Waals surface area contributed by atoms with E-state index in [1.165, 1.54) is 21.1 Å². The molecular formula is C29H34N4O6S. The summed E-state index contributed by atoms with van der Waals surface area (Å²) in [5.74, 6) is -0.470. The molecule has 2 N–H and O–H groups in total. The van der Waals surface area contributed by atoms with E-state index in [1.54, 1.807) is 61.5 Å². The summed E-state index contributed by atoms with van der Waals surface area (Å²) in [7, 11) is 3.10. The number of methoxy groups -OCH3 is 2. The summed E-state index contributed by atoms with van der Waals surface area (Å²) in [4.78, 5) is 47.3. The van der Waals surface area contributed by atoms with Crippen molar-refractivity contribution in [2.75, 3.05) is 39.2 Å². The van der Waals surface area contributed by atoms with E-state index in [4.69, 9.17) is 9.47 Å². The molecule has 212 valence electrons. The molecule has 4 rings (SSSR count). The molecule has 0 radical (unpaired) electrons. The van der Waals surface area contributed by atoms with Crippen LogP contribution in [0.4, 0.5) is 10.5 Å². The molecule has 0 bridgehead atoms. The van der Waals surface area contributed by atoms with Crippen molar-refractivity contribution in [3.05, 3.63) is 70.2 Å². The lowest BCUT2D eigenvalue weighted by atomic mass is 9.85. The average Bonchev–Trinajstić information content (AvgIpc) is 3.45. The van der Waals surface area contributed by atoms with Gasteiger partial charge in [-0.2, -0.15) is 0 Å². The molecule has 2 heterocycles. The third kappa shape index (κ3) is 5.89. The number of thiazole rings is 1. The smallest absolute Gasteiger partial charge is 0.331 e. The van der Waals surface area contributed by atoms with Crippen LogP contribution in [0.2, 0.25) is 0 Å². The third-order valence-electron chi connectivity index (χ3n) is 7.05. The number of aliphatic carboxylic acids is 1. The molecular weight excluding hydrogens is 532 g/mol. The number of anilines is 1. The second kappa shape index (κ2) is 11.5. The van der Waals surface area contributed by atoms with Crippen molar-refractivity contribution < 1.29 is 29.0 Å². The maximum Gasteiger partial charge on any atom is 0.331 e. The van der Waals surface area contributed by atoms with Crippen LogP contribution in [0.5, 0.6) is 11.5 Å². The molecule has 1 unspecified atom stereocenters. The second-order valence-corrected chi connectivity index (χ2v) is 11.4. The van der Waals surface area contributed by atoms with E-state index in [2.05, 4.69) is 10.3 Å². The number of hydrogen-bond acceptors (Lipinski definition) is 7. The Morgan fingerprint density at radius 2 is 1.80 bits per heavy atom. The van der Waals surface area contributed by atoms with E-state index in [-0.39, 0.29) is 31.5 Å². The zero-order valence-corrected chi connectivity index (χ0v) is 24.1. The van der Waals surface area contributed by atoms with Crippen molar-refractivity contribution in [2.24, 2.45) is 0 Å². The number of rotatable bonds is 7. The summed E-state index contributed by atoms with van der Waals surface area (Å²) < 4.78 is 10.8. The van der Waals surface area contributed by atoms with Gasteiger partial charge >= 0.3 is 12.0 Å². The fraction of sp³-hybridized carbons (Fsp3) is 0.379. The number of carboxylic acid groups (broad SMARTS) is 1. The van der Waals surface area contributed by atoms with Crippen LogP contribution in [0.25, 0.3) is 0 Å². The molecule has 1 aliphatic rings. The molecule has 3 aromatic rings. The van der Waals surface area contributed by atoms with Gasteiger partial charge in [0.1, 0.15) is 11.5 Å². The molecule has 1 aromatic heterocycles. The van der Waals surface area contributed by atoms with Crippen LogP contribution >= 0.6 is 11.3 Å². The molecule has 1 atom stereocenters. The molecule has 1 fully saturated rings. The highest BCUT2D eigenvalue weighted by molar-refractivity contribution is 7.07. The number of urea groups is 1. The number of ether oxygens (including phenoxy) is 2. The Labute approximate surface area is 237 Å². The van der Waals surface area contributed by atoms with Gasteiger partial charge in [0, 0.05) is 36.1 Å². The minimum atomic E-state index is -1.74. The number of benzene rings is 2. The zero-order chi connectivity index (χ0) is 29.1. The molecule has 0 saturated carbocycles. The third-order valence-corrected chi connectivity index (χ3v) is 7.68. The highest BCUT2D eigenvalue weighted by Crippen LogP contribution is 2.34. The van der Waals surface area contributed by atoms with Crippen LogP contribution in [0.3, 0.4) is 0 Å². The largest absolute Gasteiger partial charge is 0.497 e. The number of carboxylic acids is 1. The van der Waals surface area contributed by atoms with Gasteiger partial charge in [0.2, 0.25) is 0 Å². The van der Waals surface area contributed by atoms with Crippen LogP contribution in [0.15, 0.2) is 53.4 Å².